The molecule has 0 N–H and O–H groups in total. The second-order valence-corrected chi connectivity index (χ2v) is 19.2. The third-order valence-corrected chi connectivity index (χ3v) is 13.1. The minimum atomic E-state index is -0.495. The van der Waals surface area contributed by atoms with Crippen molar-refractivity contribution in [1.82, 2.24) is 18.9 Å². The van der Waals surface area contributed by atoms with Crippen LogP contribution in [0.5, 0.6) is 11.5 Å². The number of hydrogen-bond acceptors (Lipinski definition) is 5. The fourth-order valence-corrected chi connectivity index (χ4v) is 9.91. The van der Waals surface area contributed by atoms with Crippen molar-refractivity contribution in [3.05, 3.63) is 252 Å². The van der Waals surface area contributed by atoms with E-state index in [1.807, 2.05) is 84.9 Å². The van der Waals surface area contributed by atoms with Gasteiger partial charge in [-0.05, 0) is 95.8 Å². The largest absolute Gasteiger partial charge is 0.493 e. The fraction of sp³-hybridized carbons (Fsp3) is 0.125. The lowest BCUT2D eigenvalue weighted by Crippen LogP contribution is -2.54. The first-order valence-corrected chi connectivity index (χ1v) is 25.2. The van der Waals surface area contributed by atoms with Crippen LogP contribution in [0.25, 0.3) is 49.4 Å². The van der Waals surface area contributed by atoms with Crippen LogP contribution in [0.3, 0.4) is 0 Å². The third-order valence-electron chi connectivity index (χ3n) is 13.1. The van der Waals surface area contributed by atoms with Crippen LogP contribution in [-0.4, -0.2) is 45.8 Å². The molecule has 8 nitrogen and oxygen atoms in total. The Kier molecular flexibility index (Phi) is 14.5. The third kappa shape index (κ3) is 9.79. The van der Waals surface area contributed by atoms with E-state index in [4.69, 9.17) is 19.4 Å². The number of fused-ring (bicyclic) bond motifs is 1. The molecule has 10 rings (SSSR count). The van der Waals surface area contributed by atoms with Gasteiger partial charge in [0.15, 0.2) is 0 Å². The van der Waals surface area contributed by atoms with Crippen molar-refractivity contribution < 1.29 is 9.47 Å². The number of ether oxygens (including phenoxy) is 2. The van der Waals surface area contributed by atoms with Crippen molar-refractivity contribution in [2.45, 2.75) is 27.7 Å². The molecule has 0 unspecified atom stereocenters. The van der Waals surface area contributed by atoms with E-state index in [9.17, 15) is 11.8 Å². The lowest BCUT2D eigenvalue weighted by molar-refractivity contribution is 0.271. The molecule has 0 amide bonds. The molecule has 0 fully saturated rings. The molecule has 0 saturated heterocycles. The number of rotatable bonds is 16. The first-order valence-electron chi connectivity index (χ1n) is 25.2. The Morgan fingerprint density at radius 1 is 0.500 bits per heavy atom. The van der Waals surface area contributed by atoms with Crippen LogP contribution < -0.4 is 42.0 Å². The standard InChI is InChI=1S/C64H54B2N6O2/c1-45(2)43-73-53-36-32-47(33-37-53)61-58-59(64(60(68-5)57-31-19-21-41-70-57)72(61)66(51-26-14-8-15-27-51)52-28-16-9-17-29-52)62(48-34-38-54(39-35-48)74-44-46(3)4)71(63(58)55(42-67)56-30-18-20-40-69-56)65(49-22-10-6-11-23-49)50-24-12-7-13-25-50/h6-41,45-46H,43-44H2,1-4H3/b63-55-,64-60+. The smallest absolute Gasteiger partial charge is 0.328 e. The molecule has 0 bridgehead atoms. The van der Waals surface area contributed by atoms with Crippen molar-refractivity contribution in [2.24, 2.45) is 11.8 Å². The van der Waals surface area contributed by atoms with Gasteiger partial charge in [0.05, 0.1) is 36.5 Å². The summed E-state index contributed by atoms with van der Waals surface area (Å²) in [5, 5.41) is 14.8. The zero-order chi connectivity index (χ0) is 51.0. The molecule has 10 heteroatoms. The summed E-state index contributed by atoms with van der Waals surface area (Å²) < 4.78 is 17.4. The summed E-state index contributed by atoms with van der Waals surface area (Å²) in [4.78, 5) is 14.4. The van der Waals surface area contributed by atoms with Crippen LogP contribution in [0.4, 0.5) is 0 Å². The molecule has 0 aliphatic heterocycles. The van der Waals surface area contributed by atoms with Crippen LogP contribution in [0, 0.1) is 29.7 Å². The zero-order valence-electron chi connectivity index (χ0n) is 42.0. The molecular weight excluding hydrogens is 906 g/mol. The Labute approximate surface area is 434 Å². The molecule has 0 aliphatic rings. The highest BCUT2D eigenvalue weighted by Crippen LogP contribution is 2.37. The molecule has 74 heavy (non-hydrogen) atoms. The average molecular weight is 961 g/mol. The molecule has 0 aliphatic carbocycles. The highest BCUT2D eigenvalue weighted by atomic mass is 16.5. The van der Waals surface area contributed by atoms with Gasteiger partial charge in [-0.3, -0.25) is 9.97 Å². The van der Waals surface area contributed by atoms with Gasteiger partial charge >= 0.3 is 13.7 Å². The van der Waals surface area contributed by atoms with E-state index in [-0.39, 0.29) is 0 Å². The van der Waals surface area contributed by atoms with Gasteiger partial charge in [0.2, 0.25) is 5.70 Å². The molecule has 4 aromatic heterocycles. The second kappa shape index (κ2) is 22.1. The molecule has 0 radical (unpaired) electrons. The van der Waals surface area contributed by atoms with Gasteiger partial charge in [-0.2, -0.15) is 5.26 Å². The molecule has 6 aromatic carbocycles. The van der Waals surface area contributed by atoms with Gasteiger partial charge in [0.25, 0.3) is 0 Å². The van der Waals surface area contributed by atoms with E-state index >= 15 is 0 Å². The molecular formula is C64H54B2N6O2. The van der Waals surface area contributed by atoms with Gasteiger partial charge in [-0.15, -0.1) is 0 Å². The molecule has 0 atom stereocenters. The summed E-state index contributed by atoms with van der Waals surface area (Å²) in [7, 11) is 0. The highest BCUT2D eigenvalue weighted by Gasteiger charge is 2.37. The maximum atomic E-state index is 12.0. The number of aromatic nitrogens is 4. The van der Waals surface area contributed by atoms with Gasteiger partial charge in [-0.1, -0.05) is 183 Å². The van der Waals surface area contributed by atoms with E-state index in [2.05, 4.69) is 169 Å². The second-order valence-electron chi connectivity index (χ2n) is 19.2. The lowest BCUT2D eigenvalue weighted by Gasteiger charge is -2.24. The predicted molar refractivity (Wildman–Crippen MR) is 303 cm³/mol. The quantitative estimate of drug-likeness (QED) is 0.0712. The van der Waals surface area contributed by atoms with Gasteiger partial charge < -0.3 is 18.4 Å². The van der Waals surface area contributed by atoms with E-state index in [0.717, 1.165) is 66.6 Å². The molecule has 10 aromatic rings. The molecule has 358 valence electrons. The first kappa shape index (κ1) is 48.5. The molecule has 0 spiro atoms. The van der Waals surface area contributed by atoms with Crippen molar-refractivity contribution >= 4 is 57.6 Å². The molecule has 0 saturated carbocycles. The number of nitriles is 1. The minimum Gasteiger partial charge on any atom is -0.493 e. The summed E-state index contributed by atoms with van der Waals surface area (Å²) in [5.74, 6) is 2.13. The average Bonchev–Trinajstić information content (AvgIpc) is 4.04. The number of nitrogens with zero attached hydrogens (tertiary/aromatic N) is 6. The topological polar surface area (TPSA) is 82.2 Å². The number of pyridine rings is 2. The summed E-state index contributed by atoms with van der Waals surface area (Å²) >= 11 is 0. The maximum Gasteiger partial charge on any atom is 0.328 e. The lowest BCUT2D eigenvalue weighted by atomic mass is 9.50. The van der Waals surface area contributed by atoms with E-state index < -0.39 is 13.7 Å². The number of benzene rings is 6. The first-order chi connectivity index (χ1) is 36.3. The van der Waals surface area contributed by atoms with Crippen LogP contribution in [0.1, 0.15) is 39.1 Å². The predicted octanol–water partition coefficient (Wildman–Crippen LogP) is 9.74. The Morgan fingerprint density at radius 2 is 0.865 bits per heavy atom. The van der Waals surface area contributed by atoms with Crippen molar-refractivity contribution in [3.8, 4) is 40.1 Å². The van der Waals surface area contributed by atoms with E-state index in [1.165, 1.54) is 0 Å². The normalized spacial score (nSPS) is 12.0. The molecule has 4 heterocycles. The SMILES string of the molecule is [C-]#[N+]/C(c1ccccn1)=c1\c2c(-c3ccc(OCC(C)C)cc3)n(B(c3ccccc3)c3ccccc3)/c(=C(/C#N)c3ccccn3)c2c(-c2ccc(OCC(C)C)cc2)n1B(c1ccccc1)c1ccccc1. The Morgan fingerprint density at radius 3 is 1.22 bits per heavy atom. The Hall–Kier alpha value is -9.11. The van der Waals surface area contributed by atoms with Crippen molar-refractivity contribution in [1.29, 1.82) is 5.26 Å². The summed E-state index contributed by atoms with van der Waals surface area (Å²) in [5.41, 5.74) is 9.08. The van der Waals surface area contributed by atoms with Crippen molar-refractivity contribution in [2.75, 3.05) is 13.2 Å². The minimum absolute atomic E-state index is 0.325. The van der Waals surface area contributed by atoms with Crippen LogP contribution in [0.15, 0.2) is 219 Å². The van der Waals surface area contributed by atoms with Crippen LogP contribution in [0.2, 0.25) is 0 Å². The van der Waals surface area contributed by atoms with Crippen LogP contribution >= 0.6 is 0 Å². The summed E-state index contributed by atoms with van der Waals surface area (Å²) in [6.45, 7) is 18.0. The van der Waals surface area contributed by atoms with Crippen LogP contribution in [-0.2, 0) is 0 Å². The van der Waals surface area contributed by atoms with Crippen molar-refractivity contribution in [3.63, 3.8) is 0 Å². The summed E-state index contributed by atoms with van der Waals surface area (Å²) in [6.07, 6.45) is 3.48. The Balaban J connectivity index is 1.55. The highest BCUT2D eigenvalue weighted by molar-refractivity contribution is 6.85. The summed E-state index contributed by atoms with van der Waals surface area (Å²) in [6, 6.07) is 72.5. The Bertz CT molecular complexity index is 3390. The van der Waals surface area contributed by atoms with Gasteiger partial charge in [0, 0.05) is 39.9 Å². The van der Waals surface area contributed by atoms with Gasteiger partial charge in [0.1, 0.15) is 23.1 Å². The monoisotopic (exact) mass is 960 g/mol. The van der Waals surface area contributed by atoms with E-state index in [1.54, 1.807) is 12.4 Å². The maximum absolute atomic E-state index is 12.0. The number of hydrogen-bond donors (Lipinski definition) is 0. The van der Waals surface area contributed by atoms with Gasteiger partial charge in [-0.25, -0.2) is 4.85 Å². The zero-order valence-corrected chi connectivity index (χ0v) is 42.0. The van der Waals surface area contributed by atoms with E-state index in [0.29, 0.717) is 58.4 Å². The fourth-order valence-electron chi connectivity index (χ4n) is 9.91.